The van der Waals surface area contributed by atoms with E-state index in [-0.39, 0.29) is 24.6 Å². The average Bonchev–Trinajstić information content (AvgIpc) is 2.69. The maximum Gasteiger partial charge on any atom is 0.302 e. The minimum atomic E-state index is -4.64. The Kier molecular flexibility index (Phi) is 4.19. The highest BCUT2D eigenvalue weighted by Crippen LogP contribution is 2.33. The van der Waals surface area contributed by atoms with Crippen LogP contribution in [0, 0.1) is 29.9 Å². The summed E-state index contributed by atoms with van der Waals surface area (Å²) in [5.74, 6) is -1.62. The van der Waals surface area contributed by atoms with Gasteiger partial charge in [0.05, 0.1) is 10.7 Å². The molecule has 1 aromatic rings. The quantitative estimate of drug-likeness (QED) is 0.477. The summed E-state index contributed by atoms with van der Waals surface area (Å²) in [7, 11) is -4.64. The Hall–Kier alpha value is -2.03. The molecule has 1 atom stereocenters. The van der Waals surface area contributed by atoms with E-state index in [1.54, 1.807) is 13.8 Å². The van der Waals surface area contributed by atoms with E-state index in [0.717, 1.165) is 0 Å². The van der Waals surface area contributed by atoms with Crippen LogP contribution in [-0.4, -0.2) is 31.5 Å². The Morgan fingerprint density at radius 2 is 2.00 bits per heavy atom. The molecule has 0 aromatic heterocycles. The van der Waals surface area contributed by atoms with Gasteiger partial charge < -0.3 is 4.90 Å². The lowest BCUT2D eigenvalue weighted by atomic mass is 10.1. The standard InChI is InChI=1S/C13H15FN2O5S/c1-8-4-12(16(18)19)9(2)3-11(8)15-6-10(5-13(15)17)7-22(14,20)21/h3-4,10H,5-7H2,1-2H3. The van der Waals surface area contributed by atoms with Crippen molar-refractivity contribution < 1.29 is 22.0 Å². The molecule has 1 fully saturated rings. The summed E-state index contributed by atoms with van der Waals surface area (Å²) < 4.78 is 34.2. The number of nitrogens with zero attached hydrogens (tertiary/aromatic N) is 2. The molecule has 0 bridgehead atoms. The molecule has 9 heteroatoms. The Morgan fingerprint density at radius 1 is 1.36 bits per heavy atom. The predicted octanol–water partition coefficient (Wildman–Crippen LogP) is 1.86. The van der Waals surface area contributed by atoms with Crippen LogP contribution in [0.5, 0.6) is 0 Å². The van der Waals surface area contributed by atoms with Gasteiger partial charge in [-0.25, -0.2) is 0 Å². The number of hydrogen-bond donors (Lipinski definition) is 0. The smallest absolute Gasteiger partial charge is 0.302 e. The molecular formula is C13H15FN2O5S. The molecule has 1 amide bonds. The first-order valence-corrected chi connectivity index (χ1v) is 8.12. The van der Waals surface area contributed by atoms with Gasteiger partial charge in [0.25, 0.3) is 5.69 Å². The normalized spacial score (nSPS) is 18.8. The summed E-state index contributed by atoms with van der Waals surface area (Å²) in [5.41, 5.74) is 1.39. The van der Waals surface area contributed by atoms with E-state index in [9.17, 15) is 27.2 Å². The molecule has 1 unspecified atom stereocenters. The number of amides is 1. The van der Waals surface area contributed by atoms with E-state index in [1.807, 2.05) is 0 Å². The van der Waals surface area contributed by atoms with Crippen LogP contribution in [0.2, 0.25) is 0 Å². The number of carbonyl (C=O) groups excluding carboxylic acids is 1. The number of rotatable bonds is 4. The number of nitro groups is 1. The highest BCUT2D eigenvalue weighted by Gasteiger charge is 2.34. The lowest BCUT2D eigenvalue weighted by molar-refractivity contribution is -0.385. The van der Waals surface area contributed by atoms with Gasteiger partial charge in [0.1, 0.15) is 0 Å². The lowest BCUT2D eigenvalue weighted by Crippen LogP contribution is -2.26. The largest absolute Gasteiger partial charge is 0.312 e. The fourth-order valence-corrected chi connectivity index (χ4v) is 3.47. The first-order valence-electron chi connectivity index (χ1n) is 6.57. The molecule has 7 nitrogen and oxygen atoms in total. The summed E-state index contributed by atoms with van der Waals surface area (Å²) in [6, 6.07) is 2.90. The molecule has 1 heterocycles. The summed E-state index contributed by atoms with van der Waals surface area (Å²) >= 11 is 0. The molecule has 1 saturated heterocycles. The van der Waals surface area contributed by atoms with E-state index >= 15 is 0 Å². The van der Waals surface area contributed by atoms with Crippen LogP contribution < -0.4 is 4.90 Å². The second kappa shape index (κ2) is 5.64. The third-order valence-electron chi connectivity index (χ3n) is 3.64. The number of aryl methyl sites for hydroxylation is 2. The van der Waals surface area contributed by atoms with Crippen LogP contribution >= 0.6 is 0 Å². The maximum atomic E-state index is 12.8. The molecule has 0 radical (unpaired) electrons. The zero-order valence-corrected chi connectivity index (χ0v) is 12.9. The zero-order chi connectivity index (χ0) is 16.7. The number of benzene rings is 1. The van der Waals surface area contributed by atoms with E-state index in [4.69, 9.17) is 0 Å². The molecule has 0 N–H and O–H groups in total. The van der Waals surface area contributed by atoms with E-state index in [1.165, 1.54) is 17.0 Å². The van der Waals surface area contributed by atoms with Crippen molar-refractivity contribution in [3.63, 3.8) is 0 Å². The van der Waals surface area contributed by atoms with Crippen LogP contribution in [0.4, 0.5) is 15.3 Å². The minimum absolute atomic E-state index is 0.0456. The highest BCUT2D eigenvalue weighted by atomic mass is 32.3. The van der Waals surface area contributed by atoms with Crippen LogP contribution in [0.25, 0.3) is 0 Å². The Morgan fingerprint density at radius 3 is 2.55 bits per heavy atom. The SMILES string of the molecule is Cc1cc([N+](=O)[O-])c(C)cc1N1CC(CS(=O)(=O)F)CC1=O. The number of carbonyl (C=O) groups is 1. The fourth-order valence-electron chi connectivity index (χ4n) is 2.68. The first-order chi connectivity index (χ1) is 10.1. The number of hydrogen-bond acceptors (Lipinski definition) is 5. The molecule has 1 aliphatic heterocycles. The van der Waals surface area contributed by atoms with E-state index in [0.29, 0.717) is 16.8 Å². The van der Waals surface area contributed by atoms with Crippen molar-refractivity contribution in [1.29, 1.82) is 0 Å². The molecule has 1 aliphatic rings. The maximum absolute atomic E-state index is 12.8. The second-order valence-corrected chi connectivity index (χ2v) is 6.87. The summed E-state index contributed by atoms with van der Waals surface area (Å²) in [6.07, 6.45) is -0.0569. The molecule has 0 aliphatic carbocycles. The van der Waals surface area contributed by atoms with Crippen LogP contribution in [0.3, 0.4) is 0 Å². The van der Waals surface area contributed by atoms with Crippen LogP contribution in [0.1, 0.15) is 17.5 Å². The molecular weight excluding hydrogens is 315 g/mol. The topological polar surface area (TPSA) is 97.6 Å². The molecule has 0 spiro atoms. The van der Waals surface area contributed by atoms with Gasteiger partial charge in [-0.05, 0) is 25.5 Å². The Balaban J connectivity index is 2.31. The number of anilines is 1. The monoisotopic (exact) mass is 330 g/mol. The minimum Gasteiger partial charge on any atom is -0.312 e. The van der Waals surface area contributed by atoms with Crippen molar-refractivity contribution in [1.82, 2.24) is 0 Å². The molecule has 0 saturated carbocycles. The Labute approximate surface area is 127 Å². The lowest BCUT2D eigenvalue weighted by Gasteiger charge is -2.19. The first kappa shape index (κ1) is 16.3. The van der Waals surface area contributed by atoms with E-state index in [2.05, 4.69) is 0 Å². The molecule has 2 rings (SSSR count). The predicted molar refractivity (Wildman–Crippen MR) is 77.9 cm³/mol. The van der Waals surface area contributed by atoms with Gasteiger partial charge in [-0.2, -0.15) is 8.42 Å². The average molecular weight is 330 g/mol. The third-order valence-corrected chi connectivity index (χ3v) is 4.51. The molecule has 120 valence electrons. The summed E-state index contributed by atoms with van der Waals surface area (Å²) in [5, 5.41) is 10.9. The third kappa shape index (κ3) is 3.41. The molecule has 22 heavy (non-hydrogen) atoms. The van der Waals surface area contributed by atoms with Crippen molar-refractivity contribution in [2.75, 3.05) is 17.2 Å². The van der Waals surface area contributed by atoms with Gasteiger partial charge in [-0.15, -0.1) is 3.89 Å². The number of nitro benzene ring substituents is 1. The second-order valence-electron chi connectivity index (χ2n) is 5.46. The van der Waals surface area contributed by atoms with Crippen LogP contribution in [-0.2, 0) is 15.0 Å². The van der Waals surface area contributed by atoms with Gasteiger partial charge in [0.2, 0.25) is 5.91 Å². The van der Waals surface area contributed by atoms with Gasteiger partial charge in [0, 0.05) is 36.2 Å². The summed E-state index contributed by atoms with van der Waals surface area (Å²) in [6.45, 7) is 3.28. The van der Waals surface area contributed by atoms with Gasteiger partial charge >= 0.3 is 10.2 Å². The van der Waals surface area contributed by atoms with Crippen molar-refractivity contribution in [2.24, 2.45) is 5.92 Å². The fraction of sp³-hybridized carbons (Fsp3) is 0.462. The van der Waals surface area contributed by atoms with Gasteiger partial charge in [-0.3, -0.25) is 14.9 Å². The molecule has 1 aromatic carbocycles. The van der Waals surface area contributed by atoms with Crippen molar-refractivity contribution in [2.45, 2.75) is 20.3 Å². The zero-order valence-electron chi connectivity index (χ0n) is 12.1. The van der Waals surface area contributed by atoms with Crippen molar-refractivity contribution >= 4 is 27.5 Å². The van der Waals surface area contributed by atoms with E-state index < -0.39 is 26.8 Å². The van der Waals surface area contributed by atoms with Crippen LogP contribution in [0.15, 0.2) is 12.1 Å². The van der Waals surface area contributed by atoms with Crippen molar-refractivity contribution in [3.8, 4) is 0 Å². The summed E-state index contributed by atoms with van der Waals surface area (Å²) in [4.78, 5) is 23.8. The van der Waals surface area contributed by atoms with Gasteiger partial charge in [-0.1, -0.05) is 0 Å². The van der Waals surface area contributed by atoms with Crippen molar-refractivity contribution in [3.05, 3.63) is 33.4 Å². The Bertz CT molecular complexity index is 747. The highest BCUT2D eigenvalue weighted by molar-refractivity contribution is 7.86. The number of halogens is 1. The van der Waals surface area contributed by atoms with Gasteiger partial charge in [0.15, 0.2) is 0 Å².